The van der Waals surface area contributed by atoms with Crippen LogP contribution < -0.4 is 5.46 Å². The van der Waals surface area contributed by atoms with Crippen LogP contribution in [-0.2, 0) is 19.1 Å². The molecule has 1 aromatic rings. The summed E-state index contributed by atoms with van der Waals surface area (Å²) < 4.78 is 37.1. The molecule has 1 saturated heterocycles. The predicted molar refractivity (Wildman–Crippen MR) is 99.5 cm³/mol. The molecular weight excluding hydrogens is 357 g/mol. The fraction of sp³-hybridized carbons (Fsp3) is 0.588. The molecule has 1 aromatic carbocycles. The Hall–Kier alpha value is -1.58. The highest BCUT2D eigenvalue weighted by Crippen LogP contribution is 2.36. The van der Waals surface area contributed by atoms with Crippen molar-refractivity contribution in [2.75, 3.05) is 19.3 Å². The molecule has 0 aromatic heterocycles. The molecule has 1 amide bonds. The highest BCUT2D eigenvalue weighted by Gasteiger charge is 2.51. The van der Waals surface area contributed by atoms with E-state index in [4.69, 9.17) is 14.4 Å². The van der Waals surface area contributed by atoms with E-state index in [1.165, 1.54) is 13.1 Å². The van der Waals surface area contributed by atoms with E-state index in [1.54, 1.807) is 18.2 Å². The van der Waals surface area contributed by atoms with Crippen molar-refractivity contribution in [3.8, 4) is 0 Å². The average molecular weight is 383 g/mol. The van der Waals surface area contributed by atoms with Crippen molar-refractivity contribution in [1.29, 1.82) is 0 Å². The molecule has 1 aliphatic heterocycles. The summed E-state index contributed by atoms with van der Waals surface area (Å²) in [5, 5.41) is 8.82. The van der Waals surface area contributed by atoms with Gasteiger partial charge in [0.1, 0.15) is 0 Å². The molecule has 9 heteroatoms. The molecule has 2 rings (SSSR count). The molecule has 0 bridgehead atoms. The summed E-state index contributed by atoms with van der Waals surface area (Å²) in [5.74, 6) is -0.128. The summed E-state index contributed by atoms with van der Waals surface area (Å²) in [6.07, 6.45) is -0.851. The van der Waals surface area contributed by atoms with Crippen LogP contribution in [0.4, 0.5) is 4.79 Å². The molecule has 0 saturated carbocycles. The third kappa shape index (κ3) is 4.39. The van der Waals surface area contributed by atoms with Gasteiger partial charge in [-0.3, -0.25) is 0 Å². The third-order valence-electron chi connectivity index (χ3n) is 4.98. The highest BCUT2D eigenvalue weighted by molar-refractivity contribution is 7.91. The fourth-order valence-corrected chi connectivity index (χ4v) is 3.89. The van der Waals surface area contributed by atoms with Crippen LogP contribution in [0.3, 0.4) is 0 Å². The zero-order valence-corrected chi connectivity index (χ0v) is 16.7. The van der Waals surface area contributed by atoms with Crippen LogP contribution in [0.5, 0.6) is 0 Å². The lowest BCUT2D eigenvalue weighted by atomic mass is 9.79. The van der Waals surface area contributed by atoms with Crippen LogP contribution in [0.25, 0.3) is 0 Å². The Kier molecular flexibility index (Phi) is 5.75. The van der Waals surface area contributed by atoms with Crippen molar-refractivity contribution in [3.05, 3.63) is 24.3 Å². The second-order valence-electron chi connectivity index (χ2n) is 7.54. The van der Waals surface area contributed by atoms with Gasteiger partial charge >= 0.3 is 13.2 Å². The lowest BCUT2D eigenvalue weighted by Gasteiger charge is -2.32. The predicted octanol–water partition coefficient (Wildman–Crippen LogP) is 1.76. The van der Waals surface area contributed by atoms with Crippen LogP contribution in [0, 0.1) is 0 Å². The first kappa shape index (κ1) is 20.7. The first-order chi connectivity index (χ1) is 11.9. The molecule has 1 N–H and O–H groups in total. The lowest BCUT2D eigenvalue weighted by molar-refractivity contribution is 0.00578. The number of benzene rings is 1. The van der Waals surface area contributed by atoms with Crippen molar-refractivity contribution < 1.29 is 27.6 Å². The molecule has 0 atom stereocenters. The topological polar surface area (TPSA) is 93.1 Å². The van der Waals surface area contributed by atoms with Gasteiger partial charge in [-0.15, -0.1) is 0 Å². The van der Waals surface area contributed by atoms with E-state index in [0.29, 0.717) is 5.46 Å². The Labute approximate surface area is 155 Å². The third-order valence-corrected chi connectivity index (χ3v) is 6.77. The maximum atomic E-state index is 12.6. The van der Waals surface area contributed by atoms with Crippen LogP contribution >= 0.6 is 0 Å². The molecule has 26 heavy (non-hydrogen) atoms. The first-order valence-electron chi connectivity index (χ1n) is 8.48. The Morgan fingerprint density at radius 2 is 1.77 bits per heavy atom. The first-order valence-corrected chi connectivity index (χ1v) is 10.1. The summed E-state index contributed by atoms with van der Waals surface area (Å²) >= 11 is 0. The maximum Gasteiger partial charge on any atom is 0.494 e. The quantitative estimate of drug-likeness (QED) is 0.753. The second-order valence-corrected chi connectivity index (χ2v) is 9.65. The molecule has 7 nitrogen and oxygen atoms in total. The van der Waals surface area contributed by atoms with Crippen LogP contribution in [0.15, 0.2) is 29.2 Å². The monoisotopic (exact) mass is 383 g/mol. The van der Waals surface area contributed by atoms with Gasteiger partial charge in [0.15, 0.2) is 9.84 Å². The molecule has 1 heterocycles. The Balaban J connectivity index is 2.12. The molecule has 1 fully saturated rings. The van der Waals surface area contributed by atoms with E-state index in [2.05, 4.69) is 0 Å². The Bertz CT molecular complexity index is 761. The van der Waals surface area contributed by atoms with E-state index in [-0.39, 0.29) is 23.6 Å². The normalized spacial score (nSPS) is 18.7. The SMILES string of the molecule is CN(CCCS(=O)(=O)c1cccc(B2OC(C)(C)C(C)(C)O2)c1)C(=O)O. The van der Waals surface area contributed by atoms with Crippen molar-refractivity contribution in [3.63, 3.8) is 0 Å². The summed E-state index contributed by atoms with van der Waals surface area (Å²) in [6.45, 7) is 7.91. The molecular formula is C17H26BNO6S. The molecule has 0 aliphatic carbocycles. The van der Waals surface area contributed by atoms with Crippen molar-refractivity contribution in [1.82, 2.24) is 4.90 Å². The van der Waals surface area contributed by atoms with Gasteiger partial charge in [-0.25, -0.2) is 13.2 Å². The fourth-order valence-electron chi connectivity index (χ4n) is 2.54. The number of carbonyl (C=O) groups is 1. The number of amides is 1. The van der Waals surface area contributed by atoms with E-state index in [1.807, 2.05) is 27.7 Å². The van der Waals surface area contributed by atoms with Gasteiger partial charge < -0.3 is 19.3 Å². The number of sulfone groups is 1. The Morgan fingerprint density at radius 3 is 2.31 bits per heavy atom. The van der Waals surface area contributed by atoms with Gasteiger partial charge in [-0.2, -0.15) is 0 Å². The molecule has 0 unspecified atom stereocenters. The van der Waals surface area contributed by atoms with E-state index < -0.39 is 34.3 Å². The van der Waals surface area contributed by atoms with E-state index in [0.717, 1.165) is 4.90 Å². The number of hydrogen-bond donors (Lipinski definition) is 1. The van der Waals surface area contributed by atoms with Crippen molar-refractivity contribution >= 4 is 28.5 Å². The largest absolute Gasteiger partial charge is 0.494 e. The zero-order valence-electron chi connectivity index (χ0n) is 15.9. The summed E-state index contributed by atoms with van der Waals surface area (Å²) in [7, 11) is -2.74. The van der Waals surface area contributed by atoms with Gasteiger partial charge in [-0.1, -0.05) is 12.1 Å². The van der Waals surface area contributed by atoms with Gasteiger partial charge in [0, 0.05) is 13.6 Å². The van der Waals surface area contributed by atoms with Crippen LogP contribution in [-0.4, -0.2) is 62.2 Å². The van der Waals surface area contributed by atoms with Crippen molar-refractivity contribution in [2.24, 2.45) is 0 Å². The highest BCUT2D eigenvalue weighted by atomic mass is 32.2. The summed E-state index contributed by atoms with van der Waals surface area (Å²) in [5.41, 5.74) is -0.366. The minimum absolute atomic E-state index is 0.128. The lowest BCUT2D eigenvalue weighted by Crippen LogP contribution is -2.41. The van der Waals surface area contributed by atoms with Crippen LogP contribution in [0.2, 0.25) is 0 Å². The number of rotatable bonds is 6. The molecule has 144 valence electrons. The van der Waals surface area contributed by atoms with Crippen molar-refractivity contribution in [2.45, 2.75) is 50.2 Å². The number of hydrogen-bond acceptors (Lipinski definition) is 5. The molecule has 0 spiro atoms. The van der Waals surface area contributed by atoms with Crippen LogP contribution in [0.1, 0.15) is 34.1 Å². The average Bonchev–Trinajstić information content (AvgIpc) is 2.75. The summed E-state index contributed by atoms with van der Waals surface area (Å²) in [6, 6.07) is 6.54. The van der Waals surface area contributed by atoms with E-state index >= 15 is 0 Å². The standard InChI is InChI=1S/C17H26BNO6S/c1-16(2)17(3,4)25-18(24-16)13-8-6-9-14(12-13)26(22,23)11-7-10-19(5)15(20)21/h6,8-9,12H,7,10-11H2,1-5H3,(H,20,21). The molecule has 0 radical (unpaired) electrons. The van der Waals surface area contributed by atoms with Gasteiger partial charge in [0.2, 0.25) is 0 Å². The second kappa shape index (κ2) is 7.21. The maximum absolute atomic E-state index is 12.6. The number of carboxylic acid groups (broad SMARTS) is 1. The zero-order chi connectivity index (χ0) is 19.8. The minimum atomic E-state index is -3.52. The minimum Gasteiger partial charge on any atom is -0.465 e. The summed E-state index contributed by atoms with van der Waals surface area (Å²) in [4.78, 5) is 12.0. The van der Waals surface area contributed by atoms with Gasteiger partial charge in [0.05, 0.1) is 21.9 Å². The molecule has 1 aliphatic rings. The number of nitrogens with zero attached hydrogens (tertiary/aromatic N) is 1. The van der Waals surface area contributed by atoms with Gasteiger partial charge in [-0.05, 0) is 51.7 Å². The van der Waals surface area contributed by atoms with Gasteiger partial charge in [0.25, 0.3) is 0 Å². The Morgan fingerprint density at radius 1 is 1.19 bits per heavy atom. The van der Waals surface area contributed by atoms with E-state index in [9.17, 15) is 13.2 Å². The smallest absolute Gasteiger partial charge is 0.465 e.